The van der Waals surface area contributed by atoms with E-state index < -0.39 is 5.82 Å². The molecule has 0 aliphatic heterocycles. The van der Waals surface area contributed by atoms with Crippen molar-refractivity contribution in [1.29, 1.82) is 0 Å². The Labute approximate surface area is 84.1 Å². The van der Waals surface area contributed by atoms with Crippen LogP contribution in [0.2, 0.25) is 10.0 Å². The largest absolute Gasteiger partial charge is 0.396 e. The molecule has 0 saturated heterocycles. The van der Waals surface area contributed by atoms with E-state index in [2.05, 4.69) is 0 Å². The molecule has 0 saturated carbocycles. The molecule has 1 nitrogen and oxygen atoms in total. The average molecular weight is 261 g/mol. The summed E-state index contributed by atoms with van der Waals surface area (Å²) in [6.07, 6.45) is 0. The van der Waals surface area contributed by atoms with Gasteiger partial charge in [-0.1, -0.05) is 23.2 Å². The van der Waals surface area contributed by atoms with Crippen LogP contribution in [-0.2, 0) is 0 Å². The minimum absolute atomic E-state index is 0. The summed E-state index contributed by atoms with van der Waals surface area (Å²) in [4.78, 5) is 0. The first-order valence-electron chi connectivity index (χ1n) is 2.51. The van der Waals surface area contributed by atoms with E-state index in [0.29, 0.717) is 0 Å². The van der Waals surface area contributed by atoms with Crippen LogP contribution in [0.3, 0.4) is 0 Å². The number of benzene rings is 1. The fraction of sp³-hybridized carbons (Fsp3) is 0. The van der Waals surface area contributed by atoms with E-state index in [0.717, 1.165) is 12.1 Å². The van der Waals surface area contributed by atoms with Crippen molar-refractivity contribution in [3.63, 3.8) is 0 Å². The first kappa shape index (κ1) is 11.0. The minimum Gasteiger partial charge on any atom is -0.396 e. The highest BCUT2D eigenvalue weighted by Gasteiger charge is 2.02. The third-order valence-corrected chi connectivity index (χ3v) is 1.67. The normalized spacial score (nSPS) is 9.00. The third kappa shape index (κ3) is 2.51. The van der Waals surface area contributed by atoms with E-state index in [9.17, 15) is 4.39 Å². The van der Waals surface area contributed by atoms with Crippen molar-refractivity contribution in [1.82, 2.24) is 0 Å². The number of halogens is 4. The molecule has 0 amide bonds. The van der Waals surface area contributed by atoms with Gasteiger partial charge in [-0.05, 0) is 12.1 Å². The summed E-state index contributed by atoms with van der Waals surface area (Å²) >= 11 is 10.9. The van der Waals surface area contributed by atoms with Gasteiger partial charge in [0.1, 0.15) is 5.82 Å². The number of rotatable bonds is 0. The van der Waals surface area contributed by atoms with Gasteiger partial charge in [-0.25, -0.2) is 4.39 Å². The highest BCUT2D eigenvalue weighted by molar-refractivity contribution is 8.93. The molecule has 1 aromatic rings. The molecule has 0 bridgehead atoms. The molecule has 0 unspecified atom stereocenters. The van der Waals surface area contributed by atoms with Crippen LogP contribution in [0.4, 0.5) is 10.1 Å². The standard InChI is InChI=1S/C6H4Cl2FN.BrH/c7-4-1-3(9)2-5(8)6(4)10;/h1-2H,10H2;1H. The number of nitrogens with two attached hydrogens (primary N) is 1. The number of anilines is 1. The van der Waals surface area contributed by atoms with Crippen molar-refractivity contribution >= 4 is 45.9 Å². The summed E-state index contributed by atoms with van der Waals surface area (Å²) in [5.41, 5.74) is 5.53. The Morgan fingerprint density at radius 1 is 1.18 bits per heavy atom. The predicted molar refractivity (Wildman–Crippen MR) is 51.2 cm³/mol. The molecule has 0 aromatic heterocycles. The lowest BCUT2D eigenvalue weighted by Crippen LogP contribution is -1.88. The van der Waals surface area contributed by atoms with Gasteiger partial charge in [0.25, 0.3) is 0 Å². The van der Waals surface area contributed by atoms with E-state index in [1.807, 2.05) is 0 Å². The highest BCUT2D eigenvalue weighted by Crippen LogP contribution is 2.27. The Morgan fingerprint density at radius 3 is 1.91 bits per heavy atom. The van der Waals surface area contributed by atoms with Crippen LogP contribution in [0.5, 0.6) is 0 Å². The van der Waals surface area contributed by atoms with Gasteiger partial charge in [-0.15, -0.1) is 17.0 Å². The summed E-state index contributed by atoms with van der Waals surface area (Å²) < 4.78 is 12.4. The van der Waals surface area contributed by atoms with E-state index in [4.69, 9.17) is 28.9 Å². The van der Waals surface area contributed by atoms with Crippen LogP contribution < -0.4 is 5.73 Å². The summed E-state index contributed by atoms with van der Waals surface area (Å²) in [7, 11) is 0. The van der Waals surface area contributed by atoms with Crippen molar-refractivity contribution < 1.29 is 4.39 Å². The summed E-state index contributed by atoms with van der Waals surface area (Å²) in [6.45, 7) is 0. The molecule has 0 atom stereocenters. The van der Waals surface area contributed by atoms with Gasteiger partial charge in [-0.3, -0.25) is 0 Å². The van der Waals surface area contributed by atoms with Crippen molar-refractivity contribution in [2.75, 3.05) is 5.73 Å². The van der Waals surface area contributed by atoms with Crippen LogP contribution in [0.1, 0.15) is 0 Å². The molecule has 2 N–H and O–H groups in total. The quantitative estimate of drug-likeness (QED) is 0.712. The second kappa shape index (κ2) is 4.14. The van der Waals surface area contributed by atoms with E-state index >= 15 is 0 Å². The Kier molecular flexibility index (Phi) is 4.14. The van der Waals surface area contributed by atoms with Crippen molar-refractivity contribution in [3.8, 4) is 0 Å². The highest BCUT2D eigenvalue weighted by atomic mass is 79.9. The molecule has 11 heavy (non-hydrogen) atoms. The van der Waals surface area contributed by atoms with E-state index in [1.165, 1.54) is 0 Å². The van der Waals surface area contributed by atoms with Crippen LogP contribution in [0, 0.1) is 5.82 Å². The van der Waals surface area contributed by atoms with Gasteiger partial charge in [0.05, 0.1) is 15.7 Å². The minimum atomic E-state index is -0.482. The van der Waals surface area contributed by atoms with Crippen LogP contribution in [0.15, 0.2) is 12.1 Å². The van der Waals surface area contributed by atoms with Crippen LogP contribution in [-0.4, -0.2) is 0 Å². The zero-order chi connectivity index (χ0) is 7.72. The number of hydrogen-bond acceptors (Lipinski definition) is 1. The summed E-state index contributed by atoms with van der Waals surface area (Å²) in [5.74, 6) is -0.482. The first-order valence-corrected chi connectivity index (χ1v) is 3.27. The van der Waals surface area contributed by atoms with Gasteiger partial charge in [0, 0.05) is 0 Å². The molecule has 1 rings (SSSR count). The maximum atomic E-state index is 12.4. The van der Waals surface area contributed by atoms with Crippen LogP contribution in [0.25, 0.3) is 0 Å². The fourth-order valence-electron chi connectivity index (χ4n) is 0.553. The molecular formula is C6H5BrCl2FN. The SMILES string of the molecule is Br.Nc1c(Cl)cc(F)cc1Cl. The zero-order valence-corrected chi connectivity index (χ0v) is 8.50. The lowest BCUT2D eigenvalue weighted by atomic mass is 10.3. The topological polar surface area (TPSA) is 26.0 Å². The molecule has 0 heterocycles. The number of nitrogen functional groups attached to an aromatic ring is 1. The predicted octanol–water partition coefficient (Wildman–Crippen LogP) is 3.29. The zero-order valence-electron chi connectivity index (χ0n) is 5.27. The second-order valence-electron chi connectivity index (χ2n) is 1.78. The first-order chi connectivity index (χ1) is 4.61. The molecule has 0 spiro atoms. The molecule has 5 heteroatoms. The van der Waals surface area contributed by atoms with Gasteiger partial charge in [0.15, 0.2) is 0 Å². The molecule has 0 radical (unpaired) electrons. The molecule has 1 aromatic carbocycles. The van der Waals surface area contributed by atoms with E-state index in [-0.39, 0.29) is 32.7 Å². The Balaban J connectivity index is 0.000001000. The lowest BCUT2D eigenvalue weighted by molar-refractivity contribution is 0.628. The van der Waals surface area contributed by atoms with Crippen molar-refractivity contribution in [2.24, 2.45) is 0 Å². The Hall–Kier alpha value is 0.01000. The van der Waals surface area contributed by atoms with Crippen molar-refractivity contribution in [3.05, 3.63) is 28.0 Å². The molecule has 0 aliphatic carbocycles. The summed E-state index contributed by atoms with van der Waals surface area (Å²) in [6, 6.07) is 2.23. The van der Waals surface area contributed by atoms with Gasteiger partial charge >= 0.3 is 0 Å². The maximum absolute atomic E-state index is 12.4. The fourth-order valence-corrected chi connectivity index (χ4v) is 1.01. The monoisotopic (exact) mass is 259 g/mol. The Morgan fingerprint density at radius 2 is 1.55 bits per heavy atom. The lowest BCUT2D eigenvalue weighted by Gasteiger charge is -1.99. The third-order valence-electron chi connectivity index (χ3n) is 1.04. The molecular weight excluding hydrogens is 256 g/mol. The smallest absolute Gasteiger partial charge is 0.126 e. The van der Waals surface area contributed by atoms with Gasteiger partial charge < -0.3 is 5.73 Å². The average Bonchev–Trinajstić information content (AvgIpc) is 1.82. The number of hydrogen-bond donors (Lipinski definition) is 1. The van der Waals surface area contributed by atoms with Gasteiger partial charge in [-0.2, -0.15) is 0 Å². The van der Waals surface area contributed by atoms with E-state index in [1.54, 1.807) is 0 Å². The van der Waals surface area contributed by atoms with Crippen LogP contribution >= 0.6 is 40.2 Å². The second-order valence-corrected chi connectivity index (χ2v) is 2.60. The molecule has 0 fully saturated rings. The molecule has 62 valence electrons. The Bertz CT molecular complexity index is 244. The van der Waals surface area contributed by atoms with Crippen molar-refractivity contribution in [2.45, 2.75) is 0 Å². The molecule has 0 aliphatic rings. The van der Waals surface area contributed by atoms with Gasteiger partial charge in [0.2, 0.25) is 0 Å². The summed E-state index contributed by atoms with van der Waals surface area (Å²) in [5, 5.41) is 0.287. The maximum Gasteiger partial charge on any atom is 0.126 e.